The zero-order chi connectivity index (χ0) is 13.4. The number of aliphatic hydroxyl groups is 1. The van der Waals surface area contributed by atoms with E-state index >= 15 is 0 Å². The maximum atomic E-state index is 10.9. The van der Waals surface area contributed by atoms with Gasteiger partial charge in [0.05, 0.1) is 5.60 Å². The maximum Gasteiger partial charge on any atom is 0.0783 e. The molecule has 18 heavy (non-hydrogen) atoms. The molecule has 1 nitrogen and oxygen atoms in total. The van der Waals surface area contributed by atoms with Crippen LogP contribution in [0.3, 0.4) is 0 Å². The van der Waals surface area contributed by atoms with E-state index in [0.717, 1.165) is 24.3 Å². The topological polar surface area (TPSA) is 20.2 Å². The second-order valence-electron chi connectivity index (χ2n) is 6.66. The van der Waals surface area contributed by atoms with Crippen LogP contribution < -0.4 is 0 Å². The average molecular weight is 264 g/mol. The highest BCUT2D eigenvalue weighted by molar-refractivity contribution is 7.99. The van der Waals surface area contributed by atoms with E-state index in [1.165, 1.54) is 16.7 Å². The zero-order valence-corrected chi connectivity index (χ0v) is 12.7. The van der Waals surface area contributed by atoms with Gasteiger partial charge < -0.3 is 5.11 Å². The maximum absolute atomic E-state index is 10.9. The summed E-state index contributed by atoms with van der Waals surface area (Å²) in [5.74, 6) is 2.02. The van der Waals surface area contributed by atoms with Crippen molar-refractivity contribution in [3.05, 3.63) is 34.9 Å². The highest BCUT2D eigenvalue weighted by Gasteiger charge is 2.39. The minimum atomic E-state index is -0.537. The summed E-state index contributed by atoms with van der Waals surface area (Å²) < 4.78 is 0. The minimum absolute atomic E-state index is 0.245. The Labute approximate surface area is 115 Å². The first kappa shape index (κ1) is 14.0. The van der Waals surface area contributed by atoms with Gasteiger partial charge in [-0.3, -0.25) is 0 Å². The lowest BCUT2D eigenvalue weighted by Crippen LogP contribution is -2.44. The van der Waals surface area contributed by atoms with Crippen LogP contribution in [-0.4, -0.2) is 22.2 Å². The first-order chi connectivity index (χ1) is 8.30. The summed E-state index contributed by atoms with van der Waals surface area (Å²) >= 11 is 1.89. The molecular formula is C16H24OS. The predicted molar refractivity (Wildman–Crippen MR) is 80.3 cm³/mol. The number of hydrogen-bond acceptors (Lipinski definition) is 2. The lowest BCUT2D eigenvalue weighted by Gasteiger charge is -2.41. The third-order valence-electron chi connectivity index (χ3n) is 3.70. The van der Waals surface area contributed by atoms with Crippen molar-refractivity contribution in [2.45, 2.75) is 46.1 Å². The van der Waals surface area contributed by atoms with Crippen LogP contribution in [0.25, 0.3) is 0 Å². The molecule has 1 aliphatic rings. The van der Waals surface area contributed by atoms with Gasteiger partial charge in [-0.15, -0.1) is 0 Å². The molecule has 0 amide bonds. The summed E-state index contributed by atoms with van der Waals surface area (Å²) in [6, 6.07) is 6.52. The van der Waals surface area contributed by atoms with Gasteiger partial charge in [-0.25, -0.2) is 0 Å². The Balaban J connectivity index is 2.19. The fraction of sp³-hybridized carbons (Fsp3) is 0.625. The van der Waals surface area contributed by atoms with Gasteiger partial charge in [-0.05, 0) is 42.6 Å². The minimum Gasteiger partial charge on any atom is -0.389 e. The van der Waals surface area contributed by atoms with Gasteiger partial charge in [0.25, 0.3) is 0 Å². The van der Waals surface area contributed by atoms with Crippen molar-refractivity contribution in [1.29, 1.82) is 0 Å². The van der Waals surface area contributed by atoms with Crippen LogP contribution in [0.5, 0.6) is 0 Å². The standard InChI is InChI=1S/C16H24OS/c1-12-5-6-13(2)14(7-12)8-16(17)9-15(3,4)10-18-11-16/h5-7,17H,8-11H2,1-4H3. The van der Waals surface area contributed by atoms with Gasteiger partial charge in [0, 0.05) is 12.2 Å². The first-order valence-corrected chi connectivity index (χ1v) is 7.82. The molecule has 1 fully saturated rings. The molecule has 100 valence electrons. The number of hydrogen-bond donors (Lipinski definition) is 1. The molecule has 1 aromatic carbocycles. The summed E-state index contributed by atoms with van der Waals surface area (Å²) in [4.78, 5) is 0. The first-order valence-electron chi connectivity index (χ1n) is 6.66. The quantitative estimate of drug-likeness (QED) is 0.878. The lowest BCUT2D eigenvalue weighted by molar-refractivity contribution is 0.0199. The summed E-state index contributed by atoms with van der Waals surface area (Å²) in [5, 5.41) is 10.9. The van der Waals surface area contributed by atoms with Crippen molar-refractivity contribution in [3.63, 3.8) is 0 Å². The Bertz CT molecular complexity index is 439. The van der Waals surface area contributed by atoms with Crippen LogP contribution in [0.15, 0.2) is 18.2 Å². The molecule has 0 saturated carbocycles. The molecule has 0 aromatic heterocycles. The average Bonchev–Trinajstić information content (AvgIpc) is 2.21. The highest BCUT2D eigenvalue weighted by Crippen LogP contribution is 2.40. The van der Waals surface area contributed by atoms with Crippen LogP contribution in [0.2, 0.25) is 0 Å². The number of aryl methyl sites for hydroxylation is 2. The molecule has 1 heterocycles. The molecule has 1 atom stereocenters. The highest BCUT2D eigenvalue weighted by atomic mass is 32.2. The van der Waals surface area contributed by atoms with E-state index < -0.39 is 5.60 Å². The van der Waals surface area contributed by atoms with Gasteiger partial charge in [0.2, 0.25) is 0 Å². The van der Waals surface area contributed by atoms with Gasteiger partial charge in [-0.2, -0.15) is 11.8 Å². The summed E-state index contributed by atoms with van der Waals surface area (Å²) in [7, 11) is 0. The fourth-order valence-electron chi connectivity index (χ4n) is 2.97. The van der Waals surface area contributed by atoms with Crippen LogP contribution in [0.4, 0.5) is 0 Å². The zero-order valence-electron chi connectivity index (χ0n) is 11.9. The Morgan fingerprint density at radius 2 is 1.94 bits per heavy atom. The Hall–Kier alpha value is -0.470. The van der Waals surface area contributed by atoms with E-state index in [9.17, 15) is 5.11 Å². The van der Waals surface area contributed by atoms with Crippen LogP contribution in [0.1, 0.15) is 37.0 Å². The molecule has 0 spiro atoms. The largest absolute Gasteiger partial charge is 0.389 e. The molecule has 0 aliphatic carbocycles. The van der Waals surface area contributed by atoms with E-state index in [2.05, 4.69) is 45.9 Å². The second kappa shape index (κ2) is 4.90. The van der Waals surface area contributed by atoms with Crippen LogP contribution in [0, 0.1) is 19.3 Å². The van der Waals surface area contributed by atoms with E-state index in [-0.39, 0.29) is 5.41 Å². The second-order valence-corrected chi connectivity index (χ2v) is 7.65. The van der Waals surface area contributed by atoms with Crippen molar-refractivity contribution < 1.29 is 5.11 Å². The van der Waals surface area contributed by atoms with E-state index in [1.807, 2.05) is 11.8 Å². The van der Waals surface area contributed by atoms with Gasteiger partial charge in [0.1, 0.15) is 0 Å². The molecule has 2 rings (SSSR count). The SMILES string of the molecule is Cc1ccc(C)c(CC2(O)CSCC(C)(C)C2)c1. The van der Waals surface area contributed by atoms with Crippen LogP contribution >= 0.6 is 11.8 Å². The summed E-state index contributed by atoms with van der Waals surface area (Å²) in [6.07, 6.45) is 1.69. The molecule has 1 saturated heterocycles. The normalized spacial score (nSPS) is 27.2. The predicted octanol–water partition coefficient (Wildman–Crippen LogP) is 3.74. The Kier molecular flexibility index (Phi) is 3.80. The molecule has 1 unspecified atom stereocenters. The Morgan fingerprint density at radius 3 is 2.61 bits per heavy atom. The lowest BCUT2D eigenvalue weighted by atomic mass is 9.78. The number of benzene rings is 1. The molecule has 1 aromatic rings. The summed E-state index contributed by atoms with van der Waals surface area (Å²) in [6.45, 7) is 8.77. The monoisotopic (exact) mass is 264 g/mol. The van der Waals surface area contributed by atoms with Gasteiger partial charge in [0.15, 0.2) is 0 Å². The van der Waals surface area contributed by atoms with Crippen molar-refractivity contribution in [2.75, 3.05) is 11.5 Å². The van der Waals surface area contributed by atoms with Gasteiger partial charge >= 0.3 is 0 Å². The molecule has 0 bridgehead atoms. The molecule has 1 N–H and O–H groups in total. The van der Waals surface area contributed by atoms with E-state index in [1.54, 1.807) is 0 Å². The van der Waals surface area contributed by atoms with Crippen molar-refractivity contribution in [2.24, 2.45) is 5.41 Å². The fourth-order valence-corrected chi connectivity index (χ4v) is 4.31. The van der Waals surface area contributed by atoms with Crippen molar-refractivity contribution in [3.8, 4) is 0 Å². The number of thioether (sulfide) groups is 1. The summed E-state index contributed by atoms with van der Waals surface area (Å²) in [5.41, 5.74) is 3.58. The van der Waals surface area contributed by atoms with Crippen molar-refractivity contribution >= 4 is 11.8 Å². The molecule has 0 radical (unpaired) electrons. The van der Waals surface area contributed by atoms with Gasteiger partial charge in [-0.1, -0.05) is 37.6 Å². The molecule has 1 aliphatic heterocycles. The third-order valence-corrected chi connectivity index (χ3v) is 5.42. The van der Waals surface area contributed by atoms with Crippen molar-refractivity contribution in [1.82, 2.24) is 0 Å². The van der Waals surface area contributed by atoms with E-state index in [0.29, 0.717) is 0 Å². The molecule has 2 heteroatoms. The van der Waals surface area contributed by atoms with Crippen LogP contribution in [-0.2, 0) is 6.42 Å². The Morgan fingerprint density at radius 1 is 1.22 bits per heavy atom. The molecular weight excluding hydrogens is 240 g/mol. The smallest absolute Gasteiger partial charge is 0.0783 e. The third kappa shape index (κ3) is 3.30. The number of rotatable bonds is 2. The van der Waals surface area contributed by atoms with E-state index in [4.69, 9.17) is 0 Å².